The molecule has 0 saturated carbocycles. The molecule has 5 fully saturated rings. The van der Waals surface area contributed by atoms with E-state index in [0.29, 0.717) is 109 Å². The summed E-state index contributed by atoms with van der Waals surface area (Å²) < 4.78 is 265. The summed E-state index contributed by atoms with van der Waals surface area (Å²) in [5.74, 6) is -6.19. The number of carbonyl (C=O) groups excluding carboxylic acids is 1. The van der Waals surface area contributed by atoms with Crippen molar-refractivity contribution >= 4 is 108 Å². The minimum atomic E-state index is -4.20. The third-order valence-electron chi connectivity index (χ3n) is 19.8. The zero-order valence-electron chi connectivity index (χ0n) is 67.5. The first-order valence-corrected chi connectivity index (χ1v) is 42.5. The van der Waals surface area contributed by atoms with Gasteiger partial charge in [-0.05, 0) is 160 Å². The Morgan fingerprint density at radius 3 is 1.06 bits per heavy atom. The van der Waals surface area contributed by atoms with E-state index in [-0.39, 0.29) is 130 Å². The number of carboxylic acid groups (broad SMARTS) is 1. The summed E-state index contributed by atoms with van der Waals surface area (Å²) in [6, 6.07) is 15.6. The molecule has 5 aromatic heterocycles. The number of sulfonamides is 2. The molecule has 7 aromatic rings. The van der Waals surface area contributed by atoms with Crippen molar-refractivity contribution in [2.75, 3.05) is 98.1 Å². The molecule has 49 heteroatoms. The lowest BCUT2D eigenvalue weighted by Crippen LogP contribution is -2.40. The summed E-state index contributed by atoms with van der Waals surface area (Å²) in [6.45, 7) is 16.1. The summed E-state index contributed by atoms with van der Waals surface area (Å²) in [4.78, 5) is 72.5. The number of aryl methyl sites for hydroxylation is 1. The molecule has 692 valence electrons. The van der Waals surface area contributed by atoms with E-state index in [9.17, 15) is 101 Å². The maximum Gasteiger partial charge on any atom is 0.391 e. The van der Waals surface area contributed by atoms with Gasteiger partial charge in [-0.2, -0.15) is 79.5 Å². The molecule has 5 aliphatic rings. The number of piperidine rings is 5. The Kier molecular flexibility index (Phi) is 42.0. The number of hydrogen-bond donors (Lipinski definition) is 3. The Morgan fingerprint density at radius 1 is 0.464 bits per heavy atom. The van der Waals surface area contributed by atoms with E-state index in [1.54, 1.807) is 60.6 Å². The number of aliphatic carboxylic acids is 1. The van der Waals surface area contributed by atoms with Gasteiger partial charge in [0.2, 0.25) is 26.4 Å². The van der Waals surface area contributed by atoms with Crippen LogP contribution in [0.2, 0.25) is 15.5 Å². The third-order valence-corrected chi connectivity index (χ3v) is 24.5. The molecule has 4 N–H and O–H groups in total. The van der Waals surface area contributed by atoms with Crippen LogP contribution in [0.25, 0.3) is 4.85 Å². The maximum absolute atomic E-state index is 13.2. The minimum Gasteiger partial charge on any atom is -0.480 e. The fourth-order valence-electron chi connectivity index (χ4n) is 12.9. The number of ketones is 1. The molecule has 0 spiro atoms. The molecule has 10 heterocycles. The molecule has 12 rings (SSSR count). The van der Waals surface area contributed by atoms with Gasteiger partial charge in [0.1, 0.15) is 88.0 Å². The number of halogens is 21. The predicted octanol–water partition coefficient (Wildman–Crippen LogP) is 16.5. The highest BCUT2D eigenvalue weighted by atomic mass is 35.5. The average molecular weight is 1910 g/mol. The second-order valence-corrected chi connectivity index (χ2v) is 34.0. The third kappa shape index (κ3) is 35.5. The first-order chi connectivity index (χ1) is 58.0. The van der Waals surface area contributed by atoms with Gasteiger partial charge in [-0.1, -0.05) is 41.4 Å². The van der Waals surface area contributed by atoms with Crippen LogP contribution >= 0.6 is 47.2 Å². The number of benzene rings is 2. The fourth-order valence-corrected chi connectivity index (χ4v) is 16.6. The number of Topliss-reactive ketones (excluding diaryl/α,β-unsaturated/α-hetero) is 1. The molecule has 2 aromatic carbocycles. The normalized spacial score (nSPS) is 16.2. The molecule has 0 atom stereocenters. The monoisotopic (exact) mass is 1910 g/mol. The average Bonchev–Trinajstić information content (AvgIpc) is 0.808. The smallest absolute Gasteiger partial charge is 0.391 e. The number of nitrogens with two attached hydrogens (primary N) is 1. The summed E-state index contributed by atoms with van der Waals surface area (Å²) >= 11 is 16.5. The van der Waals surface area contributed by atoms with E-state index in [2.05, 4.69) is 60.0 Å². The molecular weight excluding hydrogens is 1820 g/mol. The molecule has 5 saturated heterocycles. The van der Waals surface area contributed by atoms with Gasteiger partial charge in [0.05, 0.1) is 51.6 Å². The molecule has 0 amide bonds. The lowest BCUT2D eigenvalue weighted by molar-refractivity contribution is -0.180. The molecule has 0 bridgehead atoms. The second-order valence-electron chi connectivity index (χ2n) is 29.1. The summed E-state index contributed by atoms with van der Waals surface area (Å²) in [5.41, 5.74) is 6.70. The van der Waals surface area contributed by atoms with Crippen LogP contribution in [0.5, 0.6) is 0 Å². The van der Waals surface area contributed by atoms with Gasteiger partial charge >= 0.3 is 36.9 Å². The van der Waals surface area contributed by atoms with Crippen LogP contribution in [-0.4, -0.2) is 214 Å². The number of carboxylic acids is 1. The number of aromatic nitrogens is 10. The Labute approximate surface area is 732 Å². The van der Waals surface area contributed by atoms with Crippen molar-refractivity contribution in [3.63, 3.8) is 0 Å². The number of alkyl halides is 15. The van der Waals surface area contributed by atoms with Gasteiger partial charge in [0.25, 0.3) is 5.82 Å². The van der Waals surface area contributed by atoms with E-state index in [0.717, 1.165) is 57.1 Å². The van der Waals surface area contributed by atoms with E-state index in [1.807, 2.05) is 4.90 Å². The number of hydrogen-bond acceptors (Lipinski definition) is 22. The van der Waals surface area contributed by atoms with Gasteiger partial charge < -0.3 is 40.6 Å². The van der Waals surface area contributed by atoms with Crippen LogP contribution in [0.15, 0.2) is 120 Å². The minimum absolute atomic E-state index is 0. The van der Waals surface area contributed by atoms with Crippen molar-refractivity contribution in [3.05, 3.63) is 160 Å². The standard InChI is InChI=1S/C23H28F4N4O3S.C11H11F3N4.C11H15F3N4.C11H14FNO4S.C10H11ClF3N3.C6H10F3N.C4H2Cl2N2.ClH/c1-16(2)31(35(33,34)21-7-3-18(24)4-8-21)14-20(32)6-5-19-13-22(29-15-28-19)30-11-9-17(10-12-30)23(25,26)27;1-15-9-6-10(17-7-16-9)18-4-2-8(3-5-18)11(12,13)14;12-11(13,14)8-1-3-18(4-2-8)10-5-9(6-15)16-7-17-10;1-8(2)13(7-11(14)15)18(16,17)10-5-3-9(12)4-6-10;11-8-5-9(16-6-15-8)17-3-1-7(2-4-17)10(12,13)14;7-6(8,9)5-1-3-10-4-2-5;5-3-1-4(6)8-2-7-3;/h3-4,7-8,13,15-17H,5-6,9-12,14H2,1-2H3;6-8H,2-5H2;5,7-8H,1-4,6,15H2;3-6,8H,7H2,1-2H3,(H,14,15);5-7H,1-4H2;5,10H,1-4H2;1-2H;1H. The van der Waals surface area contributed by atoms with Crippen molar-refractivity contribution in [1.82, 2.24) is 63.8 Å². The first kappa shape index (κ1) is 107. The molecule has 0 radical (unpaired) electrons. The van der Waals surface area contributed by atoms with Crippen molar-refractivity contribution in [3.8, 4) is 0 Å². The van der Waals surface area contributed by atoms with Crippen molar-refractivity contribution in [2.24, 2.45) is 35.3 Å². The van der Waals surface area contributed by atoms with Gasteiger partial charge in [0, 0.05) is 113 Å². The number of carbonyl (C=O) groups is 2. The summed E-state index contributed by atoms with van der Waals surface area (Å²) in [7, 11) is -7.92. The number of anilines is 4. The van der Waals surface area contributed by atoms with Crippen LogP contribution in [0, 0.1) is 47.8 Å². The van der Waals surface area contributed by atoms with E-state index < -0.39 is 117 Å². The lowest BCUT2D eigenvalue weighted by atomic mass is 9.96. The molecule has 0 aliphatic carbocycles. The van der Waals surface area contributed by atoms with Crippen LogP contribution in [0.4, 0.5) is 104 Å². The van der Waals surface area contributed by atoms with Crippen molar-refractivity contribution < 1.29 is 106 Å². The zero-order chi connectivity index (χ0) is 92.1. The van der Waals surface area contributed by atoms with E-state index in [4.69, 9.17) is 52.2 Å². The highest BCUT2D eigenvalue weighted by Crippen LogP contribution is 2.40. The number of nitrogens with one attached hydrogen (secondary N) is 1. The Bertz CT molecular complexity index is 4740. The van der Waals surface area contributed by atoms with E-state index >= 15 is 0 Å². The Morgan fingerprint density at radius 2 is 0.760 bits per heavy atom. The summed E-state index contributed by atoms with van der Waals surface area (Å²) in [6.07, 6.45) is -12.6. The van der Waals surface area contributed by atoms with Gasteiger partial charge in [-0.25, -0.2) is 65.5 Å². The lowest BCUT2D eigenvalue weighted by Gasteiger charge is -2.33. The van der Waals surface area contributed by atoms with Crippen LogP contribution < -0.4 is 30.7 Å². The molecule has 125 heavy (non-hydrogen) atoms. The van der Waals surface area contributed by atoms with Gasteiger partial charge in [-0.3, -0.25) is 9.59 Å². The Hall–Kier alpha value is -8.62. The molecule has 26 nitrogen and oxygen atoms in total. The van der Waals surface area contributed by atoms with Gasteiger partial charge in [-0.15, -0.1) is 17.4 Å². The van der Waals surface area contributed by atoms with E-state index in [1.165, 1.54) is 43.8 Å². The van der Waals surface area contributed by atoms with Crippen LogP contribution in [-0.2, 0) is 42.6 Å². The second kappa shape index (κ2) is 49.1. The summed E-state index contributed by atoms with van der Waals surface area (Å²) in [5, 5.41) is 12.6. The van der Waals surface area contributed by atoms with Gasteiger partial charge in [0.15, 0.2) is 0 Å². The fraction of sp³-hybridized carbons (Fsp3) is 0.539. The zero-order valence-corrected chi connectivity index (χ0v) is 72.2. The SMILES string of the molecule is CC(C)N(CC(=O)CCc1cc(N2CCC(C(F)(F)F)CC2)ncn1)S(=O)(=O)c1ccc(F)cc1.CC(C)N(CC(=O)O)S(=O)(=O)c1ccc(F)cc1.Cl.Clc1cc(Cl)ncn1.FC(F)(F)C1CCN(c2cc(Cl)ncn2)CC1.FC(F)(F)C1CCNCC1.NCc1cc(N2CCC(C(F)(F)F)CC2)ncn1.[C-]#[N+]c1cc(N2CCC(C(F)(F)F)CC2)ncn1. The molecular formula is C76H92Cl4F17N19O7S2. The number of rotatable bonds is 18. The topological polar surface area (TPSA) is 313 Å². The van der Waals surface area contributed by atoms with Crippen molar-refractivity contribution in [1.29, 1.82) is 0 Å². The molecule has 5 aliphatic heterocycles. The Balaban J connectivity index is 0.000000270. The van der Waals surface area contributed by atoms with Crippen molar-refractivity contribution in [2.45, 2.75) is 164 Å². The predicted molar refractivity (Wildman–Crippen MR) is 434 cm³/mol. The first-order valence-electron chi connectivity index (χ1n) is 38.4. The largest absolute Gasteiger partial charge is 0.480 e. The molecule has 0 unspecified atom stereocenters. The maximum atomic E-state index is 13.2. The highest BCUT2D eigenvalue weighted by molar-refractivity contribution is 7.89. The quantitative estimate of drug-likeness (QED) is 0.0408. The highest BCUT2D eigenvalue weighted by Gasteiger charge is 2.46. The van der Waals surface area contributed by atoms with Crippen LogP contribution in [0.1, 0.15) is 110 Å². The number of nitrogens with zero attached hydrogens (tertiary/aromatic N) is 17. The van der Waals surface area contributed by atoms with Crippen LogP contribution in [0.3, 0.4) is 0 Å².